The van der Waals surface area contributed by atoms with Crippen molar-refractivity contribution in [1.29, 1.82) is 10.5 Å². The normalized spacial score (nSPS) is 7.33. The topological polar surface area (TPSA) is 56.8 Å². The smallest absolute Gasteiger partial charge is 0.286 e. The lowest BCUT2D eigenvalue weighted by Gasteiger charge is -1.90. The van der Waals surface area contributed by atoms with Gasteiger partial charge >= 0.3 is 0 Å². The summed E-state index contributed by atoms with van der Waals surface area (Å²) in [6.07, 6.45) is 3.72. The van der Waals surface area contributed by atoms with Gasteiger partial charge in [0.2, 0.25) is 0 Å². The number of unbranched alkanes of at least 4 members (excludes halogenated alkanes) is 2. The molecule has 0 rings (SSSR count). The maximum atomic E-state index is 8.07. The lowest BCUT2D eigenvalue weighted by atomic mass is 10.3. The molecule has 0 aromatic heterocycles. The van der Waals surface area contributed by atoms with Crippen LogP contribution in [0.5, 0.6) is 0 Å². The Hall–Kier alpha value is -1.22. The minimum absolute atomic E-state index is 0.443. The summed E-state index contributed by atoms with van der Waals surface area (Å²) in [4.78, 5) is 0. The molecule has 0 heterocycles. The van der Waals surface area contributed by atoms with E-state index in [1.165, 1.54) is 0 Å². The van der Waals surface area contributed by atoms with Gasteiger partial charge in [-0.1, -0.05) is 0 Å². The van der Waals surface area contributed by atoms with E-state index < -0.39 is 0 Å². The van der Waals surface area contributed by atoms with E-state index in [9.17, 15) is 0 Å². The second-order valence-electron chi connectivity index (χ2n) is 1.55. The molecule has 0 amide bonds. The molecule has 3 heteroatoms. The van der Waals surface area contributed by atoms with Crippen LogP contribution in [0.25, 0.3) is 0 Å². The summed E-state index contributed by atoms with van der Waals surface area (Å²) in [5.41, 5.74) is 0. The SMILES string of the molecule is N#CCCCCOC#N. The molecule has 0 spiro atoms. The lowest BCUT2D eigenvalue weighted by Crippen LogP contribution is -1.86. The molecule has 9 heavy (non-hydrogen) atoms. The van der Waals surface area contributed by atoms with E-state index in [1.54, 1.807) is 6.26 Å². The Morgan fingerprint density at radius 2 is 2.00 bits per heavy atom. The third-order valence-corrected chi connectivity index (χ3v) is 0.850. The molecule has 0 radical (unpaired) electrons. The van der Waals surface area contributed by atoms with Gasteiger partial charge in [0.15, 0.2) is 0 Å². The first kappa shape index (κ1) is 7.78. The molecule has 0 N–H and O–H groups in total. The Labute approximate surface area is 54.5 Å². The van der Waals surface area contributed by atoms with Crippen LogP contribution in [-0.2, 0) is 4.74 Å². The van der Waals surface area contributed by atoms with E-state index in [2.05, 4.69) is 4.74 Å². The largest absolute Gasteiger partial charge is 0.428 e. The molecule has 0 saturated heterocycles. The van der Waals surface area contributed by atoms with Crippen molar-refractivity contribution in [2.45, 2.75) is 19.3 Å². The van der Waals surface area contributed by atoms with Crippen molar-refractivity contribution in [3.05, 3.63) is 0 Å². The van der Waals surface area contributed by atoms with Crippen LogP contribution in [0.4, 0.5) is 0 Å². The standard InChI is InChI=1S/C6H8N2O/c7-4-2-1-3-5-9-6-8/h1-3,5H2. The van der Waals surface area contributed by atoms with Gasteiger partial charge in [-0.3, -0.25) is 0 Å². The van der Waals surface area contributed by atoms with Gasteiger partial charge in [-0.2, -0.15) is 10.5 Å². The van der Waals surface area contributed by atoms with E-state index in [1.807, 2.05) is 6.07 Å². The maximum Gasteiger partial charge on any atom is 0.286 e. The zero-order valence-electron chi connectivity index (χ0n) is 5.13. The van der Waals surface area contributed by atoms with E-state index in [4.69, 9.17) is 10.5 Å². The van der Waals surface area contributed by atoms with Gasteiger partial charge in [0, 0.05) is 6.42 Å². The fraction of sp³-hybridized carbons (Fsp3) is 0.667. The maximum absolute atomic E-state index is 8.07. The molecule has 0 saturated carbocycles. The average Bonchev–Trinajstić information content (AvgIpc) is 1.89. The van der Waals surface area contributed by atoms with Gasteiger partial charge in [-0.25, -0.2) is 0 Å². The number of rotatable bonds is 4. The van der Waals surface area contributed by atoms with Crippen LogP contribution < -0.4 is 0 Å². The van der Waals surface area contributed by atoms with E-state index in [0.717, 1.165) is 12.8 Å². The number of nitrogens with zero attached hydrogens (tertiary/aromatic N) is 2. The van der Waals surface area contributed by atoms with E-state index >= 15 is 0 Å². The molecule has 48 valence electrons. The molecule has 0 aliphatic carbocycles. The summed E-state index contributed by atoms with van der Waals surface area (Å²) in [7, 11) is 0. The van der Waals surface area contributed by atoms with E-state index in [0.29, 0.717) is 13.0 Å². The predicted molar refractivity (Wildman–Crippen MR) is 31.0 cm³/mol. The number of ether oxygens (including phenoxy) is 1. The fourth-order valence-electron chi connectivity index (χ4n) is 0.424. The minimum atomic E-state index is 0.443. The molecule has 0 aromatic carbocycles. The Kier molecular flexibility index (Phi) is 5.86. The van der Waals surface area contributed by atoms with Crippen molar-refractivity contribution in [3.8, 4) is 12.3 Å². The molecule has 0 aliphatic rings. The van der Waals surface area contributed by atoms with Gasteiger partial charge in [-0.05, 0) is 12.8 Å². The average molecular weight is 124 g/mol. The summed E-state index contributed by atoms with van der Waals surface area (Å²) in [6, 6.07) is 2.01. The van der Waals surface area contributed by atoms with Gasteiger partial charge in [0.25, 0.3) is 6.26 Å². The minimum Gasteiger partial charge on any atom is -0.428 e. The summed E-state index contributed by atoms with van der Waals surface area (Å²) in [6.45, 7) is 0.443. The highest BCUT2D eigenvalue weighted by Gasteiger charge is 1.85. The second-order valence-corrected chi connectivity index (χ2v) is 1.55. The molecule has 0 bridgehead atoms. The highest BCUT2D eigenvalue weighted by atomic mass is 16.5. The van der Waals surface area contributed by atoms with Crippen LogP contribution in [-0.4, -0.2) is 6.61 Å². The zero-order valence-corrected chi connectivity index (χ0v) is 5.13. The lowest BCUT2D eigenvalue weighted by molar-refractivity contribution is 0.262. The van der Waals surface area contributed by atoms with Crippen molar-refractivity contribution in [2.75, 3.05) is 6.61 Å². The fourth-order valence-corrected chi connectivity index (χ4v) is 0.424. The molecular formula is C6H8N2O. The van der Waals surface area contributed by atoms with Crippen molar-refractivity contribution < 1.29 is 4.74 Å². The van der Waals surface area contributed by atoms with Crippen LogP contribution in [0.1, 0.15) is 19.3 Å². The van der Waals surface area contributed by atoms with Gasteiger partial charge in [0.1, 0.15) is 6.61 Å². The van der Waals surface area contributed by atoms with Gasteiger partial charge < -0.3 is 4.74 Å². The Morgan fingerprint density at radius 1 is 1.22 bits per heavy atom. The Bertz CT molecular complexity index is 115. The third-order valence-electron chi connectivity index (χ3n) is 0.850. The van der Waals surface area contributed by atoms with Crippen molar-refractivity contribution in [2.24, 2.45) is 0 Å². The van der Waals surface area contributed by atoms with Crippen LogP contribution in [0.2, 0.25) is 0 Å². The molecule has 0 aromatic rings. The first-order valence-corrected chi connectivity index (χ1v) is 2.79. The summed E-state index contributed by atoms with van der Waals surface area (Å²) in [5.74, 6) is 0. The van der Waals surface area contributed by atoms with Crippen LogP contribution in [0.3, 0.4) is 0 Å². The van der Waals surface area contributed by atoms with Gasteiger partial charge in [0.05, 0.1) is 6.07 Å². The number of hydrogen-bond acceptors (Lipinski definition) is 3. The summed E-state index contributed by atoms with van der Waals surface area (Å²) >= 11 is 0. The third kappa shape index (κ3) is 6.78. The molecule has 0 aliphatic heterocycles. The quantitative estimate of drug-likeness (QED) is 0.417. The highest BCUT2D eigenvalue weighted by Crippen LogP contribution is 1.92. The summed E-state index contributed by atoms with van der Waals surface area (Å²) < 4.78 is 4.38. The molecule has 0 fully saturated rings. The molecule has 0 unspecified atom stereocenters. The highest BCUT2D eigenvalue weighted by molar-refractivity contribution is 4.67. The van der Waals surface area contributed by atoms with Gasteiger partial charge in [-0.15, -0.1) is 0 Å². The summed E-state index contributed by atoms with van der Waals surface area (Å²) in [5, 5.41) is 16.0. The number of hydrogen-bond donors (Lipinski definition) is 0. The first-order chi connectivity index (χ1) is 4.41. The predicted octanol–water partition coefficient (Wildman–Crippen LogP) is 1.18. The number of nitriles is 2. The Morgan fingerprint density at radius 3 is 2.56 bits per heavy atom. The second kappa shape index (κ2) is 6.78. The van der Waals surface area contributed by atoms with Crippen LogP contribution >= 0.6 is 0 Å². The van der Waals surface area contributed by atoms with E-state index in [-0.39, 0.29) is 0 Å². The Balaban J connectivity index is 2.79. The monoisotopic (exact) mass is 124 g/mol. The molecule has 3 nitrogen and oxygen atoms in total. The van der Waals surface area contributed by atoms with Crippen molar-refractivity contribution in [1.82, 2.24) is 0 Å². The molecular weight excluding hydrogens is 116 g/mol. The van der Waals surface area contributed by atoms with Crippen LogP contribution in [0, 0.1) is 22.8 Å². The van der Waals surface area contributed by atoms with Crippen molar-refractivity contribution >= 4 is 0 Å². The first-order valence-electron chi connectivity index (χ1n) is 2.79. The molecule has 0 atom stereocenters. The van der Waals surface area contributed by atoms with Crippen LogP contribution in [0.15, 0.2) is 0 Å². The zero-order chi connectivity index (χ0) is 6.95. The van der Waals surface area contributed by atoms with Crippen molar-refractivity contribution in [3.63, 3.8) is 0 Å².